The summed E-state index contributed by atoms with van der Waals surface area (Å²) in [6.07, 6.45) is 8.76. The molecule has 6 heterocycles. The summed E-state index contributed by atoms with van der Waals surface area (Å²) in [6, 6.07) is 1.07. The molecule has 380 valence electrons. The van der Waals surface area contributed by atoms with Gasteiger partial charge in [-0.15, -0.1) is 0 Å². The van der Waals surface area contributed by atoms with E-state index >= 15 is 0 Å². The van der Waals surface area contributed by atoms with Crippen molar-refractivity contribution in [2.75, 3.05) is 77.6 Å². The Bertz CT molecular complexity index is 1820. The Labute approximate surface area is 407 Å². The lowest BCUT2D eigenvalue weighted by Gasteiger charge is -2.49. The molecule has 4 aliphatic heterocycles. The predicted octanol–water partition coefficient (Wildman–Crippen LogP) is 7.37. The predicted molar refractivity (Wildman–Crippen MR) is 282 cm³/mol. The van der Waals surface area contributed by atoms with Gasteiger partial charge < -0.3 is 51.1 Å². The molecular formula is C51H96N16. The highest BCUT2D eigenvalue weighted by atomic mass is 15.4. The van der Waals surface area contributed by atoms with E-state index in [0.717, 1.165) is 88.7 Å². The van der Waals surface area contributed by atoms with E-state index in [0.29, 0.717) is 24.4 Å². The van der Waals surface area contributed by atoms with Crippen LogP contribution >= 0.6 is 0 Å². The molecule has 0 aromatic carbocycles. The summed E-state index contributed by atoms with van der Waals surface area (Å²) < 4.78 is 0. The molecule has 0 bridgehead atoms. The minimum absolute atomic E-state index is 0.0148. The highest BCUT2D eigenvalue weighted by Crippen LogP contribution is 2.38. The lowest BCUT2D eigenvalue weighted by Crippen LogP contribution is -2.62. The van der Waals surface area contributed by atoms with Crippen molar-refractivity contribution in [1.29, 1.82) is 0 Å². The van der Waals surface area contributed by atoms with Gasteiger partial charge in [0.25, 0.3) is 0 Å². The molecule has 16 heteroatoms. The van der Waals surface area contributed by atoms with Crippen molar-refractivity contribution in [3.05, 3.63) is 0 Å². The van der Waals surface area contributed by atoms with Crippen LogP contribution in [0.25, 0.3) is 0 Å². The zero-order valence-electron chi connectivity index (χ0n) is 46.2. The first kappa shape index (κ1) is 53.0. The molecule has 4 saturated heterocycles. The zero-order valence-corrected chi connectivity index (χ0v) is 46.2. The van der Waals surface area contributed by atoms with Crippen LogP contribution in [0.5, 0.6) is 0 Å². The van der Waals surface area contributed by atoms with Gasteiger partial charge in [0.15, 0.2) is 0 Å². The monoisotopic (exact) mass is 933 g/mol. The molecule has 5 N–H and O–H groups in total. The second kappa shape index (κ2) is 18.8. The number of hydrogen-bond donors (Lipinski definition) is 5. The van der Waals surface area contributed by atoms with E-state index in [1.807, 2.05) is 0 Å². The van der Waals surface area contributed by atoms with Crippen molar-refractivity contribution in [2.45, 2.75) is 244 Å². The Morgan fingerprint density at radius 2 is 0.642 bits per heavy atom. The van der Waals surface area contributed by atoms with Crippen LogP contribution in [0.2, 0.25) is 0 Å². The molecule has 0 spiro atoms. The first-order valence-corrected chi connectivity index (χ1v) is 25.7. The number of anilines is 6. The van der Waals surface area contributed by atoms with Gasteiger partial charge in [0.1, 0.15) is 0 Å². The van der Waals surface area contributed by atoms with Gasteiger partial charge in [0.2, 0.25) is 35.7 Å². The Kier molecular flexibility index (Phi) is 14.9. The van der Waals surface area contributed by atoms with Crippen LogP contribution in [0.3, 0.4) is 0 Å². The molecule has 0 radical (unpaired) electrons. The van der Waals surface area contributed by atoms with Gasteiger partial charge in [-0.25, -0.2) is 0 Å². The molecule has 0 atom stereocenters. The van der Waals surface area contributed by atoms with Crippen LogP contribution in [0.4, 0.5) is 35.7 Å². The average molecular weight is 933 g/mol. The molecular weight excluding hydrogens is 837 g/mol. The lowest BCUT2D eigenvalue weighted by molar-refractivity contribution is 0.159. The maximum absolute atomic E-state index is 5.29. The fourth-order valence-corrected chi connectivity index (χ4v) is 13.2. The molecule has 0 unspecified atom stereocenters. The SMILES string of the molecule is CCN(CCCNc1nc(N(C)C2CC(C)(C)NC(C)(C)C2)nc(N(C)C2CC(C)(C)NC(C)(C)C2)n1)c1nc(N(C)C2CC(C)(C)NC(C)(C)C2)nc(N(C)C2CC(C)(C)NC(C)(C)C2)n1. The molecule has 0 aliphatic carbocycles. The van der Waals surface area contributed by atoms with Crippen LogP contribution in [0, 0.1) is 0 Å². The van der Waals surface area contributed by atoms with E-state index in [1.165, 1.54) is 0 Å². The summed E-state index contributed by atoms with van der Waals surface area (Å²) in [5.41, 5.74) is -0.122. The number of aromatic nitrogens is 6. The Balaban J connectivity index is 1.26. The van der Waals surface area contributed by atoms with Crippen molar-refractivity contribution < 1.29 is 0 Å². The summed E-state index contributed by atoms with van der Waals surface area (Å²) in [4.78, 5) is 42.9. The average Bonchev–Trinajstić information content (AvgIpc) is 3.14. The third-order valence-electron chi connectivity index (χ3n) is 14.9. The van der Waals surface area contributed by atoms with Crippen molar-refractivity contribution in [3.63, 3.8) is 0 Å². The molecule has 6 rings (SSSR count). The minimum atomic E-state index is -0.0157. The Morgan fingerprint density at radius 1 is 0.403 bits per heavy atom. The van der Waals surface area contributed by atoms with Gasteiger partial charge in [-0.1, -0.05) is 0 Å². The quantitative estimate of drug-likeness (QED) is 0.113. The van der Waals surface area contributed by atoms with Crippen LogP contribution in [-0.2, 0) is 0 Å². The Morgan fingerprint density at radius 3 is 0.896 bits per heavy atom. The van der Waals surface area contributed by atoms with Crippen LogP contribution < -0.4 is 51.1 Å². The van der Waals surface area contributed by atoms with E-state index in [2.05, 4.69) is 197 Å². The summed E-state index contributed by atoms with van der Waals surface area (Å²) in [6.45, 7) is 41.2. The van der Waals surface area contributed by atoms with E-state index in [4.69, 9.17) is 29.9 Å². The maximum Gasteiger partial charge on any atom is 0.231 e. The zero-order chi connectivity index (χ0) is 49.9. The summed E-state index contributed by atoms with van der Waals surface area (Å²) >= 11 is 0. The molecule has 0 saturated carbocycles. The number of nitrogens with zero attached hydrogens (tertiary/aromatic N) is 11. The van der Waals surface area contributed by atoms with Crippen molar-refractivity contribution >= 4 is 35.7 Å². The van der Waals surface area contributed by atoms with Gasteiger partial charge in [0, 0.05) is 116 Å². The highest BCUT2D eigenvalue weighted by molar-refractivity contribution is 5.49. The van der Waals surface area contributed by atoms with E-state index in [1.54, 1.807) is 0 Å². The lowest BCUT2D eigenvalue weighted by atomic mass is 9.79. The van der Waals surface area contributed by atoms with Crippen molar-refractivity contribution in [3.8, 4) is 0 Å². The van der Waals surface area contributed by atoms with Gasteiger partial charge >= 0.3 is 0 Å². The van der Waals surface area contributed by atoms with Gasteiger partial charge in [0.05, 0.1) is 0 Å². The number of hydrogen-bond acceptors (Lipinski definition) is 16. The first-order valence-electron chi connectivity index (χ1n) is 25.7. The van der Waals surface area contributed by atoms with E-state index in [9.17, 15) is 0 Å². The summed E-state index contributed by atoms with van der Waals surface area (Å²) in [7, 11) is 8.67. The molecule has 4 fully saturated rings. The Hall–Kier alpha value is -3.34. The molecule has 0 amide bonds. The van der Waals surface area contributed by atoms with Crippen molar-refractivity contribution in [1.82, 2.24) is 51.2 Å². The fraction of sp³-hybridized carbons (Fsp3) is 0.882. The largest absolute Gasteiger partial charge is 0.354 e. The van der Waals surface area contributed by atoms with E-state index < -0.39 is 0 Å². The number of rotatable bonds is 15. The molecule has 4 aliphatic rings. The second-order valence-corrected chi connectivity index (χ2v) is 26.6. The molecule has 2 aromatic rings. The first-order chi connectivity index (χ1) is 30.6. The van der Waals surface area contributed by atoms with Gasteiger partial charge in [-0.05, 0) is 175 Å². The van der Waals surface area contributed by atoms with Gasteiger partial charge in [-0.3, -0.25) is 0 Å². The van der Waals surface area contributed by atoms with Crippen LogP contribution in [0.15, 0.2) is 0 Å². The third-order valence-corrected chi connectivity index (χ3v) is 14.9. The third kappa shape index (κ3) is 13.7. The van der Waals surface area contributed by atoms with Crippen LogP contribution in [0.1, 0.15) is 175 Å². The normalized spacial score (nSPS) is 24.4. The number of piperidine rings is 4. The van der Waals surface area contributed by atoms with Crippen molar-refractivity contribution in [2.24, 2.45) is 0 Å². The van der Waals surface area contributed by atoms with Gasteiger partial charge in [-0.2, -0.15) is 29.9 Å². The summed E-state index contributed by atoms with van der Waals surface area (Å²) in [5, 5.41) is 19.1. The minimum Gasteiger partial charge on any atom is -0.354 e. The second-order valence-electron chi connectivity index (χ2n) is 26.6. The maximum atomic E-state index is 5.29. The van der Waals surface area contributed by atoms with Crippen LogP contribution in [-0.4, -0.2) is 146 Å². The summed E-state index contributed by atoms with van der Waals surface area (Å²) in [5.74, 6) is 4.20. The number of nitrogens with one attached hydrogen (secondary N) is 5. The highest BCUT2D eigenvalue weighted by Gasteiger charge is 2.44. The molecule has 2 aromatic heterocycles. The fourth-order valence-electron chi connectivity index (χ4n) is 13.2. The van der Waals surface area contributed by atoms with E-state index in [-0.39, 0.29) is 68.5 Å². The topological polar surface area (TPSA) is 154 Å². The molecule has 16 nitrogen and oxygen atoms in total. The standard InChI is InChI=1S/C51H96N16/c1-22-67(43-57-41(65(20)36-30-48(10,11)61-49(12,13)31-36)56-42(58-43)66(21)37-32-50(14,15)62-51(16,17)33-37)25-23-24-52-38-53-39(63(18)34-26-44(2,3)59-45(4,5)27-34)55-40(54-38)64(19)35-28-46(6,7)60-47(8,9)29-35/h34-37,59-62H,22-33H2,1-21H3,(H,52,53,54,55). The smallest absolute Gasteiger partial charge is 0.231 e. The molecule has 67 heavy (non-hydrogen) atoms.